The number of nitrogens with zero attached hydrogens (tertiary/aromatic N) is 3. The molecule has 2 rings (SSSR count). The first kappa shape index (κ1) is 16.4. The Balaban J connectivity index is 1.86. The topological polar surface area (TPSA) is 110 Å². The van der Waals surface area contributed by atoms with Crippen LogP contribution in [-0.4, -0.2) is 37.9 Å². The summed E-state index contributed by atoms with van der Waals surface area (Å²) in [7, 11) is 0. The van der Waals surface area contributed by atoms with Crippen molar-refractivity contribution in [1.82, 2.24) is 15.1 Å². The molecular formula is C14H22N4O4. The number of amides is 1. The minimum atomic E-state index is -0.771. The summed E-state index contributed by atoms with van der Waals surface area (Å²) >= 11 is 0. The fourth-order valence-corrected chi connectivity index (χ4v) is 2.94. The van der Waals surface area contributed by atoms with E-state index in [9.17, 15) is 20.0 Å². The maximum absolute atomic E-state index is 11.9. The summed E-state index contributed by atoms with van der Waals surface area (Å²) in [4.78, 5) is 22.3. The zero-order valence-electron chi connectivity index (χ0n) is 13.0. The number of aromatic nitrogens is 2. The van der Waals surface area contributed by atoms with Gasteiger partial charge in [0.1, 0.15) is 11.4 Å². The van der Waals surface area contributed by atoms with Gasteiger partial charge in [0.2, 0.25) is 5.91 Å². The van der Waals surface area contributed by atoms with Crippen molar-refractivity contribution >= 4 is 11.6 Å². The van der Waals surface area contributed by atoms with Gasteiger partial charge in [-0.3, -0.25) is 19.6 Å². The number of carbonyl (C=O) groups is 1. The van der Waals surface area contributed by atoms with E-state index in [1.165, 1.54) is 4.68 Å². The number of carbonyl (C=O) groups excluding carboxylic acids is 1. The van der Waals surface area contributed by atoms with Crippen molar-refractivity contribution in [2.75, 3.05) is 6.54 Å². The molecule has 1 heterocycles. The standard InChI is InChI=1S/C14H22N4O4/c1-10-13(18(21)22)11(2)17(16-10)8-5-12(19)15-9-14(20)6-3-4-7-14/h20H,3-9H2,1-2H3,(H,15,19). The summed E-state index contributed by atoms with van der Waals surface area (Å²) in [5.41, 5.74) is 0.0284. The molecule has 8 nitrogen and oxygen atoms in total. The monoisotopic (exact) mass is 310 g/mol. The zero-order chi connectivity index (χ0) is 16.3. The molecule has 1 aliphatic carbocycles. The Hall–Kier alpha value is -1.96. The normalized spacial score (nSPS) is 16.7. The fourth-order valence-electron chi connectivity index (χ4n) is 2.94. The van der Waals surface area contributed by atoms with Crippen LogP contribution in [0.1, 0.15) is 43.5 Å². The number of aryl methyl sites for hydroxylation is 2. The summed E-state index contributed by atoms with van der Waals surface area (Å²) in [5.74, 6) is -0.185. The van der Waals surface area contributed by atoms with Gasteiger partial charge in [0.25, 0.3) is 0 Å². The number of nitrogens with one attached hydrogen (secondary N) is 1. The van der Waals surface area contributed by atoms with Crippen LogP contribution in [0, 0.1) is 24.0 Å². The van der Waals surface area contributed by atoms with Crippen molar-refractivity contribution in [2.45, 2.75) is 58.1 Å². The van der Waals surface area contributed by atoms with Gasteiger partial charge in [-0.05, 0) is 26.7 Å². The third-order valence-corrected chi connectivity index (χ3v) is 4.23. The SMILES string of the molecule is Cc1nn(CCC(=O)NCC2(O)CCCC2)c(C)c1[N+](=O)[O-]. The van der Waals surface area contributed by atoms with Crippen molar-refractivity contribution in [3.05, 3.63) is 21.5 Å². The molecule has 0 aliphatic heterocycles. The van der Waals surface area contributed by atoms with Gasteiger partial charge in [-0.25, -0.2) is 0 Å². The Morgan fingerprint density at radius 2 is 2.09 bits per heavy atom. The van der Waals surface area contributed by atoms with Crippen molar-refractivity contribution in [3.63, 3.8) is 0 Å². The van der Waals surface area contributed by atoms with Crippen LogP contribution >= 0.6 is 0 Å². The number of hydrogen-bond acceptors (Lipinski definition) is 5. The summed E-state index contributed by atoms with van der Waals surface area (Å²) in [5, 5.41) is 27.9. The molecule has 1 aromatic heterocycles. The molecule has 0 spiro atoms. The first-order valence-electron chi connectivity index (χ1n) is 7.50. The molecule has 8 heteroatoms. The van der Waals surface area contributed by atoms with Crippen LogP contribution in [-0.2, 0) is 11.3 Å². The third-order valence-electron chi connectivity index (χ3n) is 4.23. The Kier molecular flexibility index (Phi) is 4.80. The second-order valence-corrected chi connectivity index (χ2v) is 5.96. The highest BCUT2D eigenvalue weighted by molar-refractivity contribution is 5.75. The molecule has 0 bridgehead atoms. The van der Waals surface area contributed by atoms with Gasteiger partial charge in [0.15, 0.2) is 0 Å². The van der Waals surface area contributed by atoms with Crippen LogP contribution < -0.4 is 5.32 Å². The first-order valence-corrected chi connectivity index (χ1v) is 7.50. The number of hydrogen-bond donors (Lipinski definition) is 2. The minimum Gasteiger partial charge on any atom is -0.388 e. The molecule has 1 fully saturated rings. The average molecular weight is 310 g/mol. The van der Waals surface area contributed by atoms with E-state index < -0.39 is 10.5 Å². The highest BCUT2D eigenvalue weighted by Gasteiger charge is 2.31. The Morgan fingerprint density at radius 3 is 2.64 bits per heavy atom. The van der Waals surface area contributed by atoms with Crippen molar-refractivity contribution in [1.29, 1.82) is 0 Å². The van der Waals surface area contributed by atoms with E-state index in [1.807, 2.05) is 0 Å². The van der Waals surface area contributed by atoms with Gasteiger partial charge in [-0.1, -0.05) is 12.8 Å². The lowest BCUT2D eigenvalue weighted by molar-refractivity contribution is -0.386. The minimum absolute atomic E-state index is 0.000625. The van der Waals surface area contributed by atoms with Crippen molar-refractivity contribution < 1.29 is 14.8 Å². The van der Waals surface area contributed by atoms with Crippen molar-refractivity contribution in [2.24, 2.45) is 0 Å². The Bertz CT molecular complexity index is 576. The number of aliphatic hydroxyl groups is 1. The Morgan fingerprint density at radius 1 is 1.45 bits per heavy atom. The van der Waals surface area contributed by atoms with Crippen LogP contribution in [0.3, 0.4) is 0 Å². The highest BCUT2D eigenvalue weighted by Crippen LogP contribution is 2.28. The molecule has 1 aromatic rings. The quantitative estimate of drug-likeness (QED) is 0.606. The second kappa shape index (κ2) is 6.43. The van der Waals surface area contributed by atoms with Crippen LogP contribution in [0.25, 0.3) is 0 Å². The molecule has 0 unspecified atom stereocenters. The predicted molar refractivity (Wildman–Crippen MR) is 79.4 cm³/mol. The predicted octanol–water partition coefficient (Wildman–Crippen LogP) is 1.22. The van der Waals surface area contributed by atoms with Gasteiger partial charge in [0.05, 0.1) is 17.1 Å². The molecule has 0 aromatic carbocycles. The molecule has 22 heavy (non-hydrogen) atoms. The van der Waals surface area contributed by atoms with Gasteiger partial charge >= 0.3 is 5.69 Å². The summed E-state index contributed by atoms with van der Waals surface area (Å²) in [6.45, 7) is 3.75. The zero-order valence-corrected chi connectivity index (χ0v) is 13.0. The van der Waals surface area contributed by atoms with Crippen LogP contribution in [0.4, 0.5) is 5.69 Å². The fraction of sp³-hybridized carbons (Fsp3) is 0.714. The first-order chi connectivity index (χ1) is 10.3. The number of nitro groups is 1. The van der Waals surface area contributed by atoms with E-state index in [4.69, 9.17) is 0 Å². The van der Waals surface area contributed by atoms with Crippen LogP contribution in [0.2, 0.25) is 0 Å². The summed E-state index contributed by atoms with van der Waals surface area (Å²) in [6.07, 6.45) is 3.59. The average Bonchev–Trinajstić information content (AvgIpc) is 2.99. The lowest BCUT2D eigenvalue weighted by Gasteiger charge is -2.22. The highest BCUT2D eigenvalue weighted by atomic mass is 16.6. The molecular weight excluding hydrogens is 288 g/mol. The Labute approximate surface area is 128 Å². The van der Waals surface area contributed by atoms with Crippen LogP contribution in [0.15, 0.2) is 0 Å². The maximum atomic E-state index is 11.9. The van der Waals surface area contributed by atoms with Crippen molar-refractivity contribution in [3.8, 4) is 0 Å². The van der Waals surface area contributed by atoms with E-state index in [-0.39, 0.29) is 31.1 Å². The summed E-state index contributed by atoms with van der Waals surface area (Å²) in [6, 6.07) is 0. The third kappa shape index (κ3) is 3.62. The molecule has 2 N–H and O–H groups in total. The molecule has 0 radical (unpaired) electrons. The molecule has 1 aliphatic rings. The van der Waals surface area contributed by atoms with E-state index in [0.29, 0.717) is 11.4 Å². The molecule has 0 saturated heterocycles. The van der Waals surface area contributed by atoms with E-state index in [2.05, 4.69) is 10.4 Å². The lowest BCUT2D eigenvalue weighted by atomic mass is 10.0. The molecule has 0 atom stereocenters. The van der Waals surface area contributed by atoms with E-state index in [0.717, 1.165) is 25.7 Å². The van der Waals surface area contributed by atoms with Gasteiger partial charge in [-0.15, -0.1) is 0 Å². The number of rotatable bonds is 6. The molecule has 1 amide bonds. The second-order valence-electron chi connectivity index (χ2n) is 5.96. The molecule has 1 saturated carbocycles. The van der Waals surface area contributed by atoms with E-state index in [1.54, 1.807) is 13.8 Å². The van der Waals surface area contributed by atoms with Crippen LogP contribution in [0.5, 0.6) is 0 Å². The molecule has 122 valence electrons. The summed E-state index contributed by atoms with van der Waals surface area (Å²) < 4.78 is 1.48. The lowest BCUT2D eigenvalue weighted by Crippen LogP contribution is -2.41. The smallest absolute Gasteiger partial charge is 0.312 e. The van der Waals surface area contributed by atoms with Gasteiger partial charge < -0.3 is 10.4 Å². The van der Waals surface area contributed by atoms with E-state index >= 15 is 0 Å². The largest absolute Gasteiger partial charge is 0.388 e. The van der Waals surface area contributed by atoms with Gasteiger partial charge in [-0.2, -0.15) is 5.10 Å². The van der Waals surface area contributed by atoms with Gasteiger partial charge in [0, 0.05) is 13.0 Å². The maximum Gasteiger partial charge on any atom is 0.312 e.